The van der Waals surface area contributed by atoms with Crippen molar-refractivity contribution in [3.8, 4) is 17.2 Å². The zero-order valence-electron chi connectivity index (χ0n) is 14.4. The van der Waals surface area contributed by atoms with Crippen LogP contribution in [-0.2, 0) is 4.79 Å². The Bertz CT molecular complexity index is 689. The highest BCUT2D eigenvalue weighted by Crippen LogP contribution is 2.34. The molecule has 2 rings (SSSR count). The number of ether oxygens (including phenoxy) is 3. The molecule has 3 amide bonds. The fourth-order valence-corrected chi connectivity index (χ4v) is 2.29. The number of nitrogens with one attached hydrogen (secondary N) is 1. The fourth-order valence-electron chi connectivity index (χ4n) is 2.29. The van der Waals surface area contributed by atoms with Crippen LogP contribution < -0.4 is 19.5 Å². The summed E-state index contributed by atoms with van der Waals surface area (Å²) in [6.45, 7) is 3.49. The monoisotopic (exact) mass is 335 g/mol. The number of hydrogen-bond acceptors (Lipinski definition) is 6. The van der Waals surface area contributed by atoms with Crippen LogP contribution >= 0.6 is 0 Å². The van der Waals surface area contributed by atoms with Gasteiger partial charge in [0.2, 0.25) is 0 Å². The number of amides is 3. The highest BCUT2D eigenvalue weighted by atomic mass is 16.5. The zero-order valence-corrected chi connectivity index (χ0v) is 14.4. The van der Waals surface area contributed by atoms with Gasteiger partial charge in [0.25, 0.3) is 5.91 Å². The summed E-state index contributed by atoms with van der Waals surface area (Å²) < 4.78 is 15.7. The van der Waals surface area contributed by atoms with Gasteiger partial charge in [0.05, 0.1) is 27.5 Å². The predicted octanol–water partition coefficient (Wildman–Crippen LogP) is 1.77. The van der Waals surface area contributed by atoms with E-state index < -0.39 is 17.5 Å². The van der Waals surface area contributed by atoms with Crippen molar-refractivity contribution in [2.24, 2.45) is 5.10 Å². The first-order valence-corrected chi connectivity index (χ1v) is 7.40. The molecule has 1 aromatic rings. The fraction of sp³-hybridized carbons (Fsp3) is 0.438. The van der Waals surface area contributed by atoms with Crippen LogP contribution in [0.3, 0.4) is 0 Å². The molecular formula is C16H21N3O5. The number of hydrogen-bond donors (Lipinski definition) is 1. The number of rotatable bonds is 6. The molecule has 0 aliphatic carbocycles. The lowest BCUT2D eigenvalue weighted by atomic mass is 10.00. The van der Waals surface area contributed by atoms with Gasteiger partial charge in [-0.3, -0.25) is 4.79 Å². The Balaban J connectivity index is 2.35. The first kappa shape index (κ1) is 17.6. The second kappa shape index (κ2) is 6.77. The van der Waals surface area contributed by atoms with Gasteiger partial charge in [0, 0.05) is 11.6 Å². The third kappa shape index (κ3) is 2.99. The van der Waals surface area contributed by atoms with E-state index in [-0.39, 0.29) is 0 Å². The normalized spacial score (nSPS) is 20.5. The number of imide groups is 1. The second-order valence-corrected chi connectivity index (χ2v) is 5.43. The molecule has 0 bridgehead atoms. The van der Waals surface area contributed by atoms with Gasteiger partial charge in [0.15, 0.2) is 11.5 Å². The Morgan fingerprint density at radius 2 is 1.71 bits per heavy atom. The van der Waals surface area contributed by atoms with Crippen molar-refractivity contribution in [3.05, 3.63) is 17.7 Å². The summed E-state index contributed by atoms with van der Waals surface area (Å²) in [5.41, 5.74) is -0.392. The number of carbonyl (C=O) groups is 2. The number of methoxy groups -OCH3 is 3. The summed E-state index contributed by atoms with van der Waals surface area (Å²) in [5.74, 6) is 1.06. The van der Waals surface area contributed by atoms with Crippen molar-refractivity contribution in [2.75, 3.05) is 21.3 Å². The summed E-state index contributed by atoms with van der Waals surface area (Å²) in [4.78, 5) is 24.3. The smallest absolute Gasteiger partial charge is 0.346 e. The molecule has 0 saturated carbocycles. The van der Waals surface area contributed by atoms with Crippen molar-refractivity contribution in [1.82, 2.24) is 10.3 Å². The quantitative estimate of drug-likeness (QED) is 0.632. The number of hydrazone groups is 1. The molecule has 1 aromatic carbocycles. The molecule has 0 unspecified atom stereocenters. The van der Waals surface area contributed by atoms with E-state index in [1.807, 2.05) is 6.92 Å². The minimum atomic E-state index is -0.934. The Morgan fingerprint density at radius 1 is 1.12 bits per heavy atom. The molecule has 8 nitrogen and oxygen atoms in total. The standard InChI is InChI=1S/C16H21N3O5/c1-6-16(2)14(20)19(15(21)18-16)17-9-10-7-12(23-4)13(24-5)8-11(10)22-3/h7-9H,6H2,1-5H3,(H,18,21)/b17-9-/t16-/m0/s1. The van der Waals surface area contributed by atoms with Gasteiger partial charge in [-0.2, -0.15) is 5.10 Å². The van der Waals surface area contributed by atoms with Gasteiger partial charge >= 0.3 is 6.03 Å². The summed E-state index contributed by atoms with van der Waals surface area (Å²) >= 11 is 0. The van der Waals surface area contributed by atoms with Crippen molar-refractivity contribution < 1.29 is 23.8 Å². The molecule has 1 N–H and O–H groups in total. The Hall–Kier alpha value is -2.77. The maximum atomic E-state index is 12.3. The molecule has 1 aliphatic rings. The van der Waals surface area contributed by atoms with Gasteiger partial charge < -0.3 is 19.5 Å². The number of carbonyl (C=O) groups excluding carboxylic acids is 2. The SMILES string of the molecule is CC[C@]1(C)NC(=O)N(/N=C\c2cc(OC)c(OC)cc2OC)C1=O. The highest BCUT2D eigenvalue weighted by molar-refractivity contribution is 6.07. The number of benzene rings is 1. The third-order valence-corrected chi connectivity index (χ3v) is 3.99. The zero-order chi connectivity index (χ0) is 17.9. The van der Waals surface area contributed by atoms with E-state index in [1.54, 1.807) is 19.1 Å². The lowest BCUT2D eigenvalue weighted by Gasteiger charge is -2.17. The van der Waals surface area contributed by atoms with E-state index in [0.717, 1.165) is 5.01 Å². The lowest BCUT2D eigenvalue weighted by Crippen LogP contribution is -2.42. The molecule has 1 saturated heterocycles. The average Bonchev–Trinajstić information content (AvgIpc) is 2.81. The summed E-state index contributed by atoms with van der Waals surface area (Å²) in [6.07, 6.45) is 1.85. The van der Waals surface area contributed by atoms with Gasteiger partial charge in [-0.15, -0.1) is 5.01 Å². The molecule has 1 atom stereocenters. The van der Waals surface area contributed by atoms with Crippen LogP contribution in [0, 0.1) is 0 Å². The average molecular weight is 335 g/mol. The molecule has 1 heterocycles. The molecule has 8 heteroatoms. The van der Waals surface area contributed by atoms with E-state index >= 15 is 0 Å². The van der Waals surface area contributed by atoms with E-state index in [2.05, 4.69) is 10.4 Å². The minimum Gasteiger partial charge on any atom is -0.496 e. The van der Waals surface area contributed by atoms with E-state index in [1.165, 1.54) is 27.5 Å². The van der Waals surface area contributed by atoms with Crippen molar-refractivity contribution in [1.29, 1.82) is 0 Å². The molecule has 0 spiro atoms. The molecule has 0 aromatic heterocycles. The maximum Gasteiger partial charge on any atom is 0.346 e. The number of nitrogens with zero attached hydrogens (tertiary/aromatic N) is 2. The van der Waals surface area contributed by atoms with Crippen LogP contribution in [0.4, 0.5) is 4.79 Å². The van der Waals surface area contributed by atoms with Crippen LogP contribution in [0.2, 0.25) is 0 Å². The van der Waals surface area contributed by atoms with Crippen LogP contribution in [0.1, 0.15) is 25.8 Å². The molecule has 1 fully saturated rings. The van der Waals surface area contributed by atoms with E-state index in [4.69, 9.17) is 14.2 Å². The van der Waals surface area contributed by atoms with Crippen LogP contribution in [0.25, 0.3) is 0 Å². The second-order valence-electron chi connectivity index (χ2n) is 5.43. The summed E-state index contributed by atoms with van der Waals surface area (Å²) in [7, 11) is 4.53. The first-order chi connectivity index (χ1) is 11.4. The Kier molecular flexibility index (Phi) is 4.96. The van der Waals surface area contributed by atoms with Crippen LogP contribution in [-0.4, -0.2) is 50.0 Å². The maximum absolute atomic E-state index is 12.3. The van der Waals surface area contributed by atoms with Gasteiger partial charge in [-0.05, 0) is 19.4 Å². The number of urea groups is 1. The first-order valence-electron chi connectivity index (χ1n) is 7.40. The highest BCUT2D eigenvalue weighted by Gasteiger charge is 2.46. The van der Waals surface area contributed by atoms with Gasteiger partial charge in [-0.1, -0.05) is 6.92 Å². The predicted molar refractivity (Wildman–Crippen MR) is 87.8 cm³/mol. The Morgan fingerprint density at radius 3 is 2.21 bits per heavy atom. The lowest BCUT2D eigenvalue weighted by molar-refractivity contribution is -0.130. The van der Waals surface area contributed by atoms with Gasteiger partial charge in [0.1, 0.15) is 11.3 Å². The third-order valence-electron chi connectivity index (χ3n) is 3.99. The molecular weight excluding hydrogens is 314 g/mol. The van der Waals surface area contributed by atoms with E-state index in [9.17, 15) is 9.59 Å². The molecule has 1 aliphatic heterocycles. The minimum absolute atomic E-state index is 0.398. The molecule has 0 radical (unpaired) electrons. The van der Waals surface area contributed by atoms with Crippen molar-refractivity contribution >= 4 is 18.2 Å². The summed E-state index contributed by atoms with van der Waals surface area (Å²) in [5, 5.41) is 7.46. The van der Waals surface area contributed by atoms with Crippen LogP contribution in [0.15, 0.2) is 17.2 Å². The largest absolute Gasteiger partial charge is 0.496 e. The van der Waals surface area contributed by atoms with Crippen molar-refractivity contribution in [3.63, 3.8) is 0 Å². The van der Waals surface area contributed by atoms with Crippen LogP contribution in [0.5, 0.6) is 17.2 Å². The Labute approximate surface area is 140 Å². The van der Waals surface area contributed by atoms with Crippen molar-refractivity contribution in [2.45, 2.75) is 25.8 Å². The summed E-state index contributed by atoms with van der Waals surface area (Å²) in [6, 6.07) is 2.74. The topological polar surface area (TPSA) is 89.5 Å². The van der Waals surface area contributed by atoms with Gasteiger partial charge in [-0.25, -0.2) is 4.79 Å². The molecule has 130 valence electrons. The molecule has 24 heavy (non-hydrogen) atoms. The van der Waals surface area contributed by atoms with E-state index in [0.29, 0.717) is 29.2 Å².